The molecule has 1 aliphatic rings. The highest BCUT2D eigenvalue weighted by Crippen LogP contribution is 2.39. The van der Waals surface area contributed by atoms with Crippen LogP contribution in [0, 0.1) is 30.1 Å². The molecule has 2 aromatic carbocycles. The molecule has 2 atom stereocenters. The molecule has 0 saturated heterocycles. The van der Waals surface area contributed by atoms with E-state index in [0.29, 0.717) is 23.7 Å². The zero-order chi connectivity index (χ0) is 26.2. The Kier molecular flexibility index (Phi) is 9.78. The van der Waals surface area contributed by atoms with Crippen molar-refractivity contribution in [3.05, 3.63) is 107 Å². The monoisotopic (exact) mass is 476 g/mol. The second-order valence-electron chi connectivity index (χ2n) is 11.4. The Morgan fingerprint density at radius 1 is 0.861 bits per heavy atom. The summed E-state index contributed by atoms with van der Waals surface area (Å²) in [4.78, 5) is 0. The van der Waals surface area contributed by atoms with Crippen molar-refractivity contribution in [1.29, 1.82) is 0 Å². The molecule has 0 bridgehead atoms. The summed E-state index contributed by atoms with van der Waals surface area (Å²) in [5.74, 6) is 4.75. The minimum atomic E-state index is 0.324. The Bertz CT molecular complexity index is 1130. The van der Waals surface area contributed by atoms with Crippen molar-refractivity contribution in [1.82, 2.24) is 0 Å². The van der Waals surface area contributed by atoms with Crippen LogP contribution < -0.4 is 0 Å². The minimum absolute atomic E-state index is 0.324. The molecule has 0 N–H and O–H groups in total. The van der Waals surface area contributed by atoms with Gasteiger partial charge in [0.2, 0.25) is 0 Å². The first kappa shape index (κ1) is 27.5. The molecule has 0 amide bonds. The molecule has 0 heterocycles. The zero-order valence-electron chi connectivity index (χ0n) is 23.1. The molecular weight excluding hydrogens is 432 g/mol. The second kappa shape index (κ2) is 12.8. The first-order chi connectivity index (χ1) is 17.2. The highest BCUT2D eigenvalue weighted by Gasteiger charge is 2.23. The molecule has 2 aromatic rings. The topological polar surface area (TPSA) is 0 Å². The molecule has 188 valence electrons. The second-order valence-corrected chi connectivity index (χ2v) is 11.4. The summed E-state index contributed by atoms with van der Waals surface area (Å²) < 4.78 is 0. The van der Waals surface area contributed by atoms with E-state index in [4.69, 9.17) is 6.42 Å². The van der Waals surface area contributed by atoms with Gasteiger partial charge in [-0.3, -0.25) is 0 Å². The Morgan fingerprint density at radius 3 is 2.03 bits per heavy atom. The molecule has 0 spiro atoms. The van der Waals surface area contributed by atoms with Gasteiger partial charge >= 0.3 is 0 Å². The summed E-state index contributed by atoms with van der Waals surface area (Å²) in [6, 6.07) is 16.0. The molecule has 3 rings (SSSR count). The predicted molar refractivity (Wildman–Crippen MR) is 160 cm³/mol. The third-order valence-corrected chi connectivity index (χ3v) is 7.07. The van der Waals surface area contributed by atoms with Crippen molar-refractivity contribution >= 4 is 11.1 Å². The Balaban J connectivity index is 1.73. The van der Waals surface area contributed by atoms with Gasteiger partial charge in [-0.05, 0) is 82.4 Å². The lowest BCUT2D eigenvalue weighted by Gasteiger charge is -2.23. The average Bonchev–Trinajstić information content (AvgIpc) is 3.31. The number of hydrogen-bond acceptors (Lipinski definition) is 0. The molecule has 0 fully saturated rings. The highest BCUT2D eigenvalue weighted by molar-refractivity contribution is 5.66. The van der Waals surface area contributed by atoms with Crippen LogP contribution >= 0.6 is 0 Å². The molecule has 0 radical (unpaired) electrons. The number of terminal acetylenes is 1. The van der Waals surface area contributed by atoms with E-state index in [1.807, 2.05) is 0 Å². The van der Waals surface area contributed by atoms with Gasteiger partial charge in [-0.1, -0.05) is 114 Å². The van der Waals surface area contributed by atoms with E-state index < -0.39 is 0 Å². The SMILES string of the molecule is C#CCCC(=C)c1ccc(C2C=CC=C2[C@H](C)CC(=C)c2cc(CC(C)C)cc(CC(C)C)c2)cc1. The largest absolute Gasteiger partial charge is 0.120 e. The average molecular weight is 477 g/mol. The van der Waals surface area contributed by atoms with Crippen molar-refractivity contribution in [2.75, 3.05) is 0 Å². The number of rotatable bonds is 12. The predicted octanol–water partition coefficient (Wildman–Crippen LogP) is 9.83. The lowest BCUT2D eigenvalue weighted by Crippen LogP contribution is -2.08. The maximum absolute atomic E-state index is 5.42. The van der Waals surface area contributed by atoms with Crippen LogP contribution in [0.15, 0.2) is 79.4 Å². The van der Waals surface area contributed by atoms with Crippen molar-refractivity contribution in [3.8, 4) is 12.3 Å². The molecule has 0 aromatic heterocycles. The Morgan fingerprint density at radius 2 is 1.47 bits per heavy atom. The van der Waals surface area contributed by atoms with Crippen LogP contribution in [0.1, 0.15) is 87.6 Å². The number of hydrogen-bond donors (Lipinski definition) is 0. The third kappa shape index (κ3) is 7.48. The summed E-state index contributed by atoms with van der Waals surface area (Å²) in [7, 11) is 0. The smallest absolute Gasteiger partial charge is 0.0237 e. The summed E-state index contributed by atoms with van der Waals surface area (Å²) in [6.45, 7) is 20.3. The fourth-order valence-corrected chi connectivity index (χ4v) is 5.31. The minimum Gasteiger partial charge on any atom is -0.120 e. The van der Waals surface area contributed by atoms with Gasteiger partial charge in [0.25, 0.3) is 0 Å². The molecular formula is C36H44. The lowest BCUT2D eigenvalue weighted by atomic mass is 9.82. The maximum atomic E-state index is 5.42. The molecule has 0 saturated carbocycles. The van der Waals surface area contributed by atoms with E-state index in [0.717, 1.165) is 37.7 Å². The van der Waals surface area contributed by atoms with Gasteiger partial charge in [-0.25, -0.2) is 0 Å². The van der Waals surface area contributed by atoms with Gasteiger partial charge in [-0.15, -0.1) is 12.3 Å². The maximum Gasteiger partial charge on any atom is 0.0237 e. The van der Waals surface area contributed by atoms with Crippen LogP contribution in [-0.4, -0.2) is 0 Å². The van der Waals surface area contributed by atoms with Crippen LogP contribution in [0.2, 0.25) is 0 Å². The van der Waals surface area contributed by atoms with E-state index in [1.54, 1.807) is 0 Å². The van der Waals surface area contributed by atoms with E-state index in [2.05, 4.69) is 114 Å². The van der Waals surface area contributed by atoms with Gasteiger partial charge < -0.3 is 0 Å². The van der Waals surface area contributed by atoms with Crippen molar-refractivity contribution < 1.29 is 0 Å². The summed E-state index contributed by atoms with van der Waals surface area (Å²) in [6.07, 6.45) is 17.0. The van der Waals surface area contributed by atoms with E-state index in [-0.39, 0.29) is 0 Å². The van der Waals surface area contributed by atoms with Crippen LogP contribution in [0.5, 0.6) is 0 Å². The van der Waals surface area contributed by atoms with E-state index >= 15 is 0 Å². The number of allylic oxidation sites excluding steroid dienone is 6. The standard InChI is InChI=1S/C36H44/c1-9-10-12-27(6)32-15-17-33(18-16-32)36-14-11-13-35(36)29(8)21-28(7)34-23-30(19-25(2)3)22-31(24-34)20-26(4)5/h1,11,13-18,22-26,29,36H,6-7,10,12,19-21H2,2-5,8H3/t29-,36?/m1/s1. The van der Waals surface area contributed by atoms with Gasteiger partial charge in [-0.2, -0.15) is 0 Å². The molecule has 1 aliphatic carbocycles. The summed E-state index contributed by atoms with van der Waals surface area (Å²) in [5, 5.41) is 0. The fourth-order valence-electron chi connectivity index (χ4n) is 5.31. The van der Waals surface area contributed by atoms with Crippen LogP contribution in [0.4, 0.5) is 0 Å². The summed E-state index contributed by atoms with van der Waals surface area (Å²) in [5.41, 5.74) is 10.5. The molecule has 36 heavy (non-hydrogen) atoms. The van der Waals surface area contributed by atoms with Crippen LogP contribution in [-0.2, 0) is 12.8 Å². The van der Waals surface area contributed by atoms with Gasteiger partial charge in [0.05, 0.1) is 0 Å². The van der Waals surface area contributed by atoms with Crippen molar-refractivity contribution in [2.24, 2.45) is 17.8 Å². The van der Waals surface area contributed by atoms with Crippen molar-refractivity contribution in [3.63, 3.8) is 0 Å². The molecule has 0 nitrogen and oxygen atoms in total. The Labute approximate surface area is 220 Å². The quantitative estimate of drug-likeness (QED) is 0.267. The molecule has 0 heteroatoms. The first-order valence-electron chi connectivity index (χ1n) is 13.6. The van der Waals surface area contributed by atoms with Crippen molar-refractivity contribution in [2.45, 2.75) is 72.6 Å². The lowest BCUT2D eigenvalue weighted by molar-refractivity contribution is 0.635. The Hall–Kier alpha value is -3.04. The van der Waals surface area contributed by atoms with Crippen LogP contribution in [0.3, 0.4) is 0 Å². The van der Waals surface area contributed by atoms with Gasteiger partial charge in [0.1, 0.15) is 0 Å². The van der Waals surface area contributed by atoms with Crippen LogP contribution in [0.25, 0.3) is 11.1 Å². The molecule has 1 unspecified atom stereocenters. The highest BCUT2D eigenvalue weighted by atomic mass is 14.3. The zero-order valence-corrected chi connectivity index (χ0v) is 23.1. The number of benzene rings is 2. The molecule has 0 aliphatic heterocycles. The third-order valence-electron chi connectivity index (χ3n) is 7.07. The normalized spacial score (nSPS) is 15.7. The van der Waals surface area contributed by atoms with E-state index in [1.165, 1.54) is 39.0 Å². The van der Waals surface area contributed by atoms with Gasteiger partial charge in [0.15, 0.2) is 0 Å². The first-order valence-corrected chi connectivity index (χ1v) is 13.6. The summed E-state index contributed by atoms with van der Waals surface area (Å²) >= 11 is 0. The fraction of sp³-hybridized carbons (Fsp3) is 0.389. The van der Waals surface area contributed by atoms with Gasteiger partial charge in [0, 0.05) is 12.3 Å². The van der Waals surface area contributed by atoms with E-state index in [9.17, 15) is 0 Å².